The Bertz CT molecular complexity index is 1650. The number of amides is 2. The van der Waals surface area contributed by atoms with Gasteiger partial charge < -0.3 is 4.74 Å². The topological polar surface area (TPSA) is 82.4 Å². The van der Waals surface area contributed by atoms with E-state index in [4.69, 9.17) is 17.0 Å². The molecule has 0 spiro atoms. The maximum absolute atomic E-state index is 13.6. The van der Waals surface area contributed by atoms with Crippen molar-refractivity contribution in [3.8, 4) is 11.8 Å². The van der Waals surface area contributed by atoms with Crippen LogP contribution >= 0.6 is 12.2 Å². The minimum absolute atomic E-state index is 0.0314. The molecule has 1 saturated heterocycles. The van der Waals surface area contributed by atoms with Crippen LogP contribution in [0, 0.1) is 11.3 Å². The predicted molar refractivity (Wildman–Crippen MR) is 151 cm³/mol. The van der Waals surface area contributed by atoms with Crippen molar-refractivity contribution in [2.24, 2.45) is 0 Å². The van der Waals surface area contributed by atoms with Crippen LogP contribution in [0.2, 0.25) is 0 Å². The zero-order valence-corrected chi connectivity index (χ0v) is 21.4. The standard InChI is InChI=1S/C31H23N3O3S/c1-2-20-11-14-24(15-12-20)34-30(36)27(29(35)33-31(34)38)17-26-25-10-6-5-7-21(25)13-16-28(26)37-19-23-9-4-3-8-22(23)18-32/h3-17H,2,19H2,1H3,(H,33,35,38)/b27-17+. The van der Waals surface area contributed by atoms with Gasteiger partial charge in [-0.05, 0) is 65.3 Å². The fourth-order valence-corrected chi connectivity index (χ4v) is 4.66. The SMILES string of the molecule is CCc1ccc(N2C(=O)/C(=C/c3c(OCc4ccccc4C#N)ccc4ccccc34)C(=O)NC2=S)cc1. The van der Waals surface area contributed by atoms with Crippen molar-refractivity contribution >= 4 is 51.7 Å². The number of nitrogens with zero attached hydrogens (tertiary/aromatic N) is 2. The molecule has 5 rings (SSSR count). The second-order valence-corrected chi connectivity index (χ2v) is 9.12. The van der Waals surface area contributed by atoms with Gasteiger partial charge in [-0.3, -0.25) is 19.8 Å². The van der Waals surface area contributed by atoms with Gasteiger partial charge in [-0.2, -0.15) is 5.26 Å². The molecule has 1 fully saturated rings. The number of benzene rings is 4. The van der Waals surface area contributed by atoms with Crippen LogP contribution in [0.25, 0.3) is 16.8 Å². The summed E-state index contributed by atoms with van der Waals surface area (Å²) in [6.45, 7) is 2.20. The zero-order valence-electron chi connectivity index (χ0n) is 20.6. The summed E-state index contributed by atoms with van der Waals surface area (Å²) >= 11 is 5.36. The first-order valence-electron chi connectivity index (χ1n) is 12.1. The van der Waals surface area contributed by atoms with E-state index < -0.39 is 11.8 Å². The molecule has 38 heavy (non-hydrogen) atoms. The highest BCUT2D eigenvalue weighted by Gasteiger charge is 2.34. The number of hydrogen-bond donors (Lipinski definition) is 1. The Hall–Kier alpha value is -4.80. The number of nitriles is 1. The predicted octanol–water partition coefficient (Wildman–Crippen LogP) is 5.68. The lowest BCUT2D eigenvalue weighted by atomic mass is 9.99. The molecule has 0 bridgehead atoms. The second-order valence-electron chi connectivity index (χ2n) is 8.73. The molecule has 0 aliphatic carbocycles. The summed E-state index contributed by atoms with van der Waals surface area (Å²) in [5.74, 6) is -0.608. The van der Waals surface area contributed by atoms with Gasteiger partial charge in [0.1, 0.15) is 17.9 Å². The van der Waals surface area contributed by atoms with Crippen molar-refractivity contribution in [2.75, 3.05) is 4.90 Å². The molecule has 4 aromatic rings. The molecule has 186 valence electrons. The molecule has 0 saturated carbocycles. The Morgan fingerprint density at radius 3 is 2.47 bits per heavy atom. The Morgan fingerprint density at radius 2 is 1.71 bits per heavy atom. The molecule has 1 aliphatic heterocycles. The summed E-state index contributed by atoms with van der Waals surface area (Å²) in [5, 5.41) is 13.9. The maximum atomic E-state index is 13.6. The Balaban J connectivity index is 1.57. The number of carbonyl (C=O) groups excluding carboxylic acids is 2. The van der Waals surface area contributed by atoms with Crippen LogP contribution in [0.5, 0.6) is 5.75 Å². The van der Waals surface area contributed by atoms with Crippen molar-refractivity contribution in [2.45, 2.75) is 20.0 Å². The third-order valence-electron chi connectivity index (χ3n) is 6.44. The Kier molecular flexibility index (Phi) is 6.98. The third-order valence-corrected chi connectivity index (χ3v) is 6.73. The van der Waals surface area contributed by atoms with Gasteiger partial charge in [0.2, 0.25) is 0 Å². The summed E-state index contributed by atoms with van der Waals surface area (Å²) in [4.78, 5) is 28.0. The highest BCUT2D eigenvalue weighted by atomic mass is 32.1. The lowest BCUT2D eigenvalue weighted by molar-refractivity contribution is -0.122. The Morgan fingerprint density at radius 1 is 0.974 bits per heavy atom. The lowest BCUT2D eigenvalue weighted by Gasteiger charge is -2.29. The number of fused-ring (bicyclic) bond motifs is 1. The van der Waals surface area contributed by atoms with Crippen LogP contribution in [0.3, 0.4) is 0 Å². The lowest BCUT2D eigenvalue weighted by Crippen LogP contribution is -2.54. The molecular formula is C31H23N3O3S. The van der Waals surface area contributed by atoms with Crippen molar-refractivity contribution < 1.29 is 14.3 Å². The van der Waals surface area contributed by atoms with Crippen LogP contribution in [-0.2, 0) is 22.6 Å². The summed E-state index contributed by atoms with van der Waals surface area (Å²) in [5.41, 5.74) is 3.49. The number of carbonyl (C=O) groups is 2. The molecule has 7 heteroatoms. The number of ether oxygens (including phenoxy) is 1. The third kappa shape index (κ3) is 4.77. The largest absolute Gasteiger partial charge is 0.488 e. The number of thiocarbonyl (C=S) groups is 1. The van der Waals surface area contributed by atoms with E-state index in [9.17, 15) is 14.9 Å². The molecular weight excluding hydrogens is 494 g/mol. The van der Waals surface area contributed by atoms with E-state index in [2.05, 4.69) is 18.3 Å². The van der Waals surface area contributed by atoms with Gasteiger partial charge in [0.05, 0.1) is 17.3 Å². The van der Waals surface area contributed by atoms with E-state index in [-0.39, 0.29) is 17.3 Å². The van der Waals surface area contributed by atoms with Crippen LogP contribution in [0.4, 0.5) is 5.69 Å². The minimum atomic E-state index is -0.574. The summed E-state index contributed by atoms with van der Waals surface area (Å²) in [7, 11) is 0. The fraction of sp³-hybridized carbons (Fsp3) is 0.0968. The molecule has 0 radical (unpaired) electrons. The number of rotatable bonds is 6. The molecule has 1 N–H and O–H groups in total. The molecule has 6 nitrogen and oxygen atoms in total. The fourth-order valence-electron chi connectivity index (χ4n) is 4.38. The van der Waals surface area contributed by atoms with Crippen LogP contribution in [0.1, 0.15) is 29.2 Å². The van der Waals surface area contributed by atoms with E-state index >= 15 is 0 Å². The van der Waals surface area contributed by atoms with Gasteiger partial charge in [0.15, 0.2) is 5.11 Å². The van der Waals surface area contributed by atoms with Gasteiger partial charge in [-0.1, -0.05) is 67.6 Å². The van der Waals surface area contributed by atoms with Crippen LogP contribution < -0.4 is 15.0 Å². The molecule has 2 amide bonds. The number of anilines is 1. The number of nitrogens with one attached hydrogen (secondary N) is 1. The van der Waals surface area contributed by atoms with E-state index in [1.165, 1.54) is 4.90 Å². The van der Waals surface area contributed by atoms with Gasteiger partial charge >= 0.3 is 0 Å². The van der Waals surface area contributed by atoms with Crippen molar-refractivity contribution in [1.82, 2.24) is 5.32 Å². The maximum Gasteiger partial charge on any atom is 0.270 e. The smallest absolute Gasteiger partial charge is 0.270 e. The quantitative estimate of drug-likeness (QED) is 0.202. The average Bonchev–Trinajstić information content (AvgIpc) is 2.94. The Labute approximate surface area is 225 Å². The van der Waals surface area contributed by atoms with Crippen molar-refractivity contribution in [3.63, 3.8) is 0 Å². The zero-order chi connectivity index (χ0) is 26.6. The second kappa shape index (κ2) is 10.7. The number of aryl methyl sites for hydroxylation is 1. The molecule has 1 aliphatic rings. The average molecular weight is 518 g/mol. The monoisotopic (exact) mass is 517 g/mol. The van der Waals surface area contributed by atoms with Gasteiger partial charge in [0.25, 0.3) is 11.8 Å². The molecule has 0 unspecified atom stereocenters. The summed E-state index contributed by atoms with van der Waals surface area (Å²) < 4.78 is 6.17. The van der Waals surface area contributed by atoms with Crippen molar-refractivity contribution in [3.05, 3.63) is 113 Å². The summed E-state index contributed by atoms with van der Waals surface area (Å²) in [6, 6.07) is 28.3. The summed E-state index contributed by atoms with van der Waals surface area (Å²) in [6.07, 6.45) is 2.42. The van der Waals surface area contributed by atoms with Crippen molar-refractivity contribution in [1.29, 1.82) is 5.26 Å². The first-order chi connectivity index (χ1) is 18.5. The molecule has 1 heterocycles. The highest BCUT2D eigenvalue weighted by Crippen LogP contribution is 2.32. The molecule has 0 atom stereocenters. The first-order valence-corrected chi connectivity index (χ1v) is 12.5. The highest BCUT2D eigenvalue weighted by molar-refractivity contribution is 7.80. The van der Waals surface area contributed by atoms with Gasteiger partial charge in [-0.25, -0.2) is 0 Å². The minimum Gasteiger partial charge on any atom is -0.488 e. The van der Waals surface area contributed by atoms with E-state index in [0.717, 1.165) is 28.3 Å². The molecule has 4 aromatic carbocycles. The normalized spacial score (nSPS) is 14.5. The van der Waals surface area contributed by atoms with Crippen LogP contribution in [0.15, 0.2) is 90.5 Å². The number of hydrogen-bond acceptors (Lipinski definition) is 5. The first kappa shape index (κ1) is 24.9. The van der Waals surface area contributed by atoms with E-state index in [0.29, 0.717) is 22.6 Å². The molecule has 0 aromatic heterocycles. The van der Waals surface area contributed by atoms with E-state index in [1.807, 2.05) is 66.7 Å². The van der Waals surface area contributed by atoms with Crippen LogP contribution in [-0.4, -0.2) is 16.9 Å². The van der Waals surface area contributed by atoms with Gasteiger partial charge in [-0.15, -0.1) is 0 Å². The van der Waals surface area contributed by atoms with E-state index in [1.54, 1.807) is 24.3 Å². The van der Waals surface area contributed by atoms with Gasteiger partial charge in [0, 0.05) is 11.1 Å².